The minimum absolute atomic E-state index is 0.00849. The first-order chi connectivity index (χ1) is 24.8. The van der Waals surface area contributed by atoms with Gasteiger partial charge in [-0.1, -0.05) is 0 Å². The van der Waals surface area contributed by atoms with Crippen molar-refractivity contribution >= 4 is 84.6 Å². The molecule has 0 saturated carbocycles. The molecule has 0 aromatic rings. The minimum Gasteiger partial charge on any atom is -0.481 e. The summed E-state index contributed by atoms with van der Waals surface area (Å²) < 4.78 is 0. The van der Waals surface area contributed by atoms with Crippen molar-refractivity contribution < 1.29 is 48.6 Å². The number of carbonyl (C=O) groups excluding carboxylic acids is 6. The first-order valence-electron chi connectivity index (χ1n) is 16.1. The molecule has 25 heteroatoms. The number of hydrogen-bond donors (Lipinski definition) is 15. The van der Waals surface area contributed by atoms with Gasteiger partial charge in [0.1, 0.15) is 30.2 Å². The Labute approximate surface area is 316 Å². The van der Waals surface area contributed by atoms with E-state index in [1.54, 1.807) is 0 Å². The fourth-order valence-corrected chi connectivity index (χ4v) is 4.53. The van der Waals surface area contributed by atoms with E-state index >= 15 is 0 Å². The maximum Gasteiger partial charge on any atom is 0.327 e. The Kier molecular flexibility index (Phi) is 23.4. The Morgan fingerprint density at radius 1 is 0.623 bits per heavy atom. The van der Waals surface area contributed by atoms with Gasteiger partial charge in [-0.3, -0.25) is 43.5 Å². The number of nitrogens with zero attached hydrogens (tertiary/aromatic N) is 2. The Morgan fingerprint density at radius 3 is 1.55 bits per heavy atom. The second-order valence-electron chi connectivity index (χ2n) is 11.4. The van der Waals surface area contributed by atoms with Crippen molar-refractivity contribution in [2.75, 3.05) is 31.1 Å². The lowest BCUT2D eigenvalue weighted by molar-refractivity contribution is -0.142. The molecule has 0 fully saturated rings. The van der Waals surface area contributed by atoms with Gasteiger partial charge in [0.2, 0.25) is 35.4 Å². The number of rotatable bonds is 26. The number of carboxylic acid groups (broad SMARTS) is 2. The van der Waals surface area contributed by atoms with Crippen LogP contribution >= 0.6 is 25.3 Å². The van der Waals surface area contributed by atoms with E-state index in [2.05, 4.69) is 67.1 Å². The summed E-state index contributed by atoms with van der Waals surface area (Å²) in [5.74, 6) is -8.50. The number of hydrogen-bond acceptors (Lipinski definition) is 13. The van der Waals surface area contributed by atoms with E-state index in [0.717, 1.165) is 0 Å². The number of carboxylic acids is 2. The molecule has 0 spiro atoms. The largest absolute Gasteiger partial charge is 0.481 e. The van der Waals surface area contributed by atoms with Crippen molar-refractivity contribution in [1.29, 1.82) is 0 Å². The van der Waals surface area contributed by atoms with E-state index < -0.39 is 103 Å². The smallest absolute Gasteiger partial charge is 0.327 e. The zero-order chi connectivity index (χ0) is 40.7. The monoisotopic (exact) mass is 793 g/mol. The Balaban J connectivity index is 5.98. The summed E-state index contributed by atoms with van der Waals surface area (Å²) in [5, 5.41) is 32.4. The van der Waals surface area contributed by atoms with Gasteiger partial charge < -0.3 is 70.8 Å². The van der Waals surface area contributed by atoms with E-state index in [1.165, 1.54) is 6.92 Å². The van der Waals surface area contributed by atoms with Gasteiger partial charge in [-0.15, -0.1) is 0 Å². The van der Waals surface area contributed by atoms with E-state index in [0.29, 0.717) is 0 Å². The molecule has 0 aromatic carbocycles. The van der Waals surface area contributed by atoms with Gasteiger partial charge in [0, 0.05) is 31.0 Å². The van der Waals surface area contributed by atoms with Crippen molar-refractivity contribution in [2.45, 2.75) is 81.7 Å². The molecule has 0 bridgehead atoms. The fraction of sp³-hybridized carbons (Fsp3) is 0.643. The Bertz CT molecular complexity index is 1350. The molecule has 0 saturated heterocycles. The second-order valence-corrected chi connectivity index (χ2v) is 12.1. The predicted molar refractivity (Wildman–Crippen MR) is 198 cm³/mol. The summed E-state index contributed by atoms with van der Waals surface area (Å²) in [7, 11) is 0. The van der Waals surface area contributed by atoms with Crippen molar-refractivity contribution in [2.24, 2.45) is 38.7 Å². The molecule has 0 aliphatic heterocycles. The summed E-state index contributed by atoms with van der Waals surface area (Å²) in [5.41, 5.74) is 27.1. The van der Waals surface area contributed by atoms with Crippen molar-refractivity contribution in [3.05, 3.63) is 0 Å². The predicted octanol–water partition coefficient (Wildman–Crippen LogP) is -6.21. The first kappa shape index (κ1) is 48.0. The topological polar surface area (TPSA) is 404 Å². The normalized spacial score (nSPS) is 14.0. The molecule has 0 aliphatic carbocycles. The average molecular weight is 794 g/mol. The summed E-state index contributed by atoms with van der Waals surface area (Å²) in [4.78, 5) is 107. The van der Waals surface area contributed by atoms with Crippen LogP contribution in [0, 0.1) is 0 Å². The van der Waals surface area contributed by atoms with Gasteiger partial charge >= 0.3 is 11.9 Å². The molecule has 0 radical (unpaired) electrons. The molecule has 18 N–H and O–H groups in total. The number of thiol groups is 2. The number of carbonyl (C=O) groups is 8. The third-order valence-electron chi connectivity index (χ3n) is 6.96. The molecule has 300 valence electrons. The van der Waals surface area contributed by atoms with Crippen LogP contribution in [0.2, 0.25) is 0 Å². The van der Waals surface area contributed by atoms with Crippen LogP contribution in [-0.4, -0.2) is 137 Å². The van der Waals surface area contributed by atoms with E-state index in [4.69, 9.17) is 33.8 Å². The lowest BCUT2D eigenvalue weighted by Gasteiger charge is -2.25. The highest BCUT2D eigenvalue weighted by Gasteiger charge is 2.30. The lowest BCUT2D eigenvalue weighted by atomic mass is 10.1. The molecular formula is C28H51N13O10S2. The fourth-order valence-electron chi connectivity index (χ4n) is 4.11. The molecule has 0 unspecified atom stereocenters. The van der Waals surface area contributed by atoms with Crippen LogP contribution in [0.4, 0.5) is 0 Å². The third kappa shape index (κ3) is 21.2. The van der Waals surface area contributed by atoms with Crippen LogP contribution in [0.15, 0.2) is 9.98 Å². The quantitative estimate of drug-likeness (QED) is 0.0168. The van der Waals surface area contributed by atoms with Crippen molar-refractivity contribution in [1.82, 2.24) is 31.9 Å². The van der Waals surface area contributed by atoms with Crippen molar-refractivity contribution in [3.8, 4) is 0 Å². The minimum atomic E-state index is -1.49. The Hall–Kier alpha value is -5.04. The summed E-state index contributed by atoms with van der Waals surface area (Å²) in [6.45, 7) is 0.740. The maximum absolute atomic E-state index is 13.5. The van der Waals surface area contributed by atoms with Gasteiger partial charge in [-0.2, -0.15) is 25.3 Å². The highest BCUT2D eigenvalue weighted by molar-refractivity contribution is 7.80. The first-order valence-corrected chi connectivity index (χ1v) is 17.4. The molecular weight excluding hydrogens is 743 g/mol. The summed E-state index contributed by atoms with van der Waals surface area (Å²) in [6.07, 6.45) is -0.712. The number of amides is 6. The number of aliphatic carboxylic acids is 2. The van der Waals surface area contributed by atoms with E-state index in [9.17, 15) is 43.5 Å². The summed E-state index contributed by atoms with van der Waals surface area (Å²) >= 11 is 7.80. The zero-order valence-corrected chi connectivity index (χ0v) is 30.9. The van der Waals surface area contributed by atoms with Gasteiger partial charge in [0.05, 0.1) is 12.6 Å². The highest BCUT2D eigenvalue weighted by Crippen LogP contribution is 2.05. The lowest BCUT2D eigenvalue weighted by Crippen LogP contribution is -2.58. The van der Waals surface area contributed by atoms with Crippen LogP contribution in [0.1, 0.15) is 45.4 Å². The Morgan fingerprint density at radius 2 is 1.09 bits per heavy atom. The second kappa shape index (κ2) is 25.8. The van der Waals surface area contributed by atoms with Crippen LogP contribution in [0.3, 0.4) is 0 Å². The number of guanidine groups is 2. The number of nitrogens with two attached hydrogens (primary N) is 5. The number of nitrogens with one attached hydrogen (secondary N) is 6. The van der Waals surface area contributed by atoms with Crippen LogP contribution in [0.5, 0.6) is 0 Å². The van der Waals surface area contributed by atoms with Crippen LogP contribution in [0.25, 0.3) is 0 Å². The molecule has 0 aliphatic rings. The average Bonchev–Trinajstić information content (AvgIpc) is 3.08. The number of aliphatic imine (C=N–C) groups is 2. The van der Waals surface area contributed by atoms with Gasteiger partial charge in [0.15, 0.2) is 11.9 Å². The van der Waals surface area contributed by atoms with Gasteiger partial charge in [0.25, 0.3) is 0 Å². The highest BCUT2D eigenvalue weighted by atomic mass is 32.1. The van der Waals surface area contributed by atoms with Crippen molar-refractivity contribution in [3.63, 3.8) is 0 Å². The maximum atomic E-state index is 13.5. The summed E-state index contributed by atoms with van der Waals surface area (Å²) in [6, 6.07) is -7.65. The third-order valence-corrected chi connectivity index (χ3v) is 7.72. The molecule has 6 atom stereocenters. The van der Waals surface area contributed by atoms with E-state index in [1.807, 2.05) is 0 Å². The molecule has 0 rings (SSSR count). The molecule has 23 nitrogen and oxygen atoms in total. The molecule has 0 aromatic heterocycles. The SMILES string of the molecule is C[C@H](NC(=O)[C@@H](N)CS)C(=O)N[C@@H](CCCN=C(N)N)C(=O)N[C@@H](CCCN=C(N)N)C(=O)NCC(=O)N[C@@H](CCC(=O)O)C(=O)N[C@@H](CS)C(=O)O. The molecule has 53 heavy (non-hydrogen) atoms. The molecule has 6 amide bonds. The standard InChI is InChI=1S/C28H51N13O10S2/c1-13(37-22(46)14(29)11-52)21(45)39-16(5-3-9-35-28(32)33)24(48)40-15(4-2-8-34-27(30)31)23(47)36-10-19(42)38-17(6-7-20(43)44)25(49)41-18(12-53)26(50)51/h13-18,52-53H,2-12,29H2,1H3,(H,36,47)(H,37,46)(H,38,42)(H,39,45)(H,40,48)(H,41,49)(H,43,44)(H,50,51)(H4,30,31,34)(H4,32,33,35)/t13-,14-,15-,16-,17-,18-/m0/s1. The van der Waals surface area contributed by atoms with Gasteiger partial charge in [-0.25, -0.2) is 4.79 Å². The van der Waals surface area contributed by atoms with Gasteiger partial charge in [-0.05, 0) is 39.0 Å². The van der Waals surface area contributed by atoms with Crippen LogP contribution < -0.4 is 60.6 Å². The molecule has 0 heterocycles. The van der Waals surface area contributed by atoms with E-state index in [-0.39, 0.29) is 62.2 Å². The van der Waals surface area contributed by atoms with Crippen LogP contribution in [-0.2, 0) is 38.4 Å². The zero-order valence-electron chi connectivity index (χ0n) is 29.1.